The fraction of sp³-hybridized carbons (Fsp3) is 0.0625. The van der Waals surface area contributed by atoms with E-state index in [0.29, 0.717) is 17.0 Å². The normalized spacial score (nSPS) is 13.0. The lowest BCUT2D eigenvalue weighted by Gasteiger charge is -2.00. The average molecular weight is 405 g/mol. The maximum absolute atomic E-state index is 10.8. The van der Waals surface area contributed by atoms with Gasteiger partial charge < -0.3 is 9.47 Å². The quantitative estimate of drug-likeness (QED) is 0.459. The van der Waals surface area contributed by atoms with Crippen molar-refractivity contribution in [3.05, 3.63) is 55.5 Å². The number of aromatic nitrogens is 1. The highest BCUT2D eigenvalue weighted by atomic mass is 79.9. The Kier molecular flexibility index (Phi) is 3.70. The van der Waals surface area contributed by atoms with Gasteiger partial charge >= 0.3 is 0 Å². The van der Waals surface area contributed by atoms with Gasteiger partial charge in [-0.25, -0.2) is 4.98 Å². The Balaban J connectivity index is 1.65. The Morgan fingerprint density at radius 1 is 1.25 bits per heavy atom. The lowest BCUT2D eigenvalue weighted by molar-refractivity contribution is -0.384. The number of nitrogens with zero attached hydrogens (tertiary/aromatic N) is 2. The third-order valence-electron chi connectivity index (χ3n) is 3.47. The van der Waals surface area contributed by atoms with Gasteiger partial charge in [0.05, 0.1) is 19.6 Å². The molecule has 0 radical (unpaired) electrons. The molecule has 0 amide bonds. The van der Waals surface area contributed by atoms with E-state index in [0.717, 1.165) is 19.7 Å². The summed E-state index contributed by atoms with van der Waals surface area (Å²) in [5, 5.41) is 11.6. The summed E-state index contributed by atoms with van der Waals surface area (Å²) in [5.41, 5.74) is 1.61. The molecule has 120 valence electrons. The van der Waals surface area contributed by atoms with Gasteiger partial charge in [0.15, 0.2) is 11.5 Å². The highest BCUT2D eigenvalue weighted by Crippen LogP contribution is 2.40. The van der Waals surface area contributed by atoms with Crippen LogP contribution in [-0.2, 0) is 0 Å². The van der Waals surface area contributed by atoms with Crippen LogP contribution in [0.1, 0.15) is 10.6 Å². The van der Waals surface area contributed by atoms with Gasteiger partial charge in [0.2, 0.25) is 6.79 Å². The SMILES string of the molecule is O=[N+]([O-])c1ccc2sc(/C=C/c3cc(Br)c4c(c3)OCO4)nc2c1. The van der Waals surface area contributed by atoms with E-state index in [-0.39, 0.29) is 12.5 Å². The Morgan fingerprint density at radius 2 is 2.12 bits per heavy atom. The number of halogens is 1. The summed E-state index contributed by atoms with van der Waals surface area (Å²) in [6.45, 7) is 0.220. The van der Waals surface area contributed by atoms with Crippen LogP contribution in [0.3, 0.4) is 0 Å². The van der Waals surface area contributed by atoms with Gasteiger partial charge in [-0.15, -0.1) is 11.3 Å². The second-order valence-corrected chi connectivity index (χ2v) is 6.95. The summed E-state index contributed by atoms with van der Waals surface area (Å²) >= 11 is 4.94. The van der Waals surface area contributed by atoms with E-state index in [1.54, 1.807) is 6.07 Å². The zero-order valence-electron chi connectivity index (χ0n) is 12.1. The number of benzene rings is 2. The summed E-state index contributed by atoms with van der Waals surface area (Å²) in [6, 6.07) is 8.52. The first-order chi connectivity index (χ1) is 11.6. The van der Waals surface area contributed by atoms with E-state index in [2.05, 4.69) is 20.9 Å². The zero-order chi connectivity index (χ0) is 16.7. The Morgan fingerprint density at radius 3 is 2.96 bits per heavy atom. The van der Waals surface area contributed by atoms with Crippen molar-refractivity contribution in [1.29, 1.82) is 0 Å². The molecule has 24 heavy (non-hydrogen) atoms. The Hall–Kier alpha value is -2.45. The molecule has 0 saturated heterocycles. The molecule has 2 aromatic carbocycles. The van der Waals surface area contributed by atoms with E-state index >= 15 is 0 Å². The molecule has 0 aliphatic carbocycles. The van der Waals surface area contributed by atoms with Crippen molar-refractivity contribution in [1.82, 2.24) is 4.98 Å². The predicted octanol–water partition coefficient (Wildman–Crippen LogP) is 4.87. The molecule has 0 bridgehead atoms. The number of ether oxygens (including phenoxy) is 2. The minimum Gasteiger partial charge on any atom is -0.454 e. The van der Waals surface area contributed by atoms with Crippen LogP contribution < -0.4 is 9.47 Å². The van der Waals surface area contributed by atoms with Gasteiger partial charge in [-0.3, -0.25) is 10.1 Å². The maximum atomic E-state index is 10.8. The molecule has 3 aromatic rings. The van der Waals surface area contributed by atoms with Crippen LogP contribution in [0.15, 0.2) is 34.8 Å². The molecule has 0 saturated carbocycles. The van der Waals surface area contributed by atoms with Crippen molar-refractivity contribution in [2.24, 2.45) is 0 Å². The van der Waals surface area contributed by atoms with Gasteiger partial charge in [0.25, 0.3) is 5.69 Å². The number of hydrogen-bond donors (Lipinski definition) is 0. The topological polar surface area (TPSA) is 74.5 Å². The first kappa shape index (κ1) is 15.1. The van der Waals surface area contributed by atoms with Crippen molar-refractivity contribution < 1.29 is 14.4 Å². The first-order valence-corrected chi connectivity index (χ1v) is 8.53. The minimum atomic E-state index is -0.418. The number of non-ortho nitro benzene ring substituents is 1. The molecule has 1 aromatic heterocycles. The molecule has 0 spiro atoms. The van der Waals surface area contributed by atoms with E-state index in [1.165, 1.54) is 23.5 Å². The zero-order valence-corrected chi connectivity index (χ0v) is 14.5. The monoisotopic (exact) mass is 404 g/mol. The van der Waals surface area contributed by atoms with Gasteiger partial charge in [-0.1, -0.05) is 6.08 Å². The van der Waals surface area contributed by atoms with Crippen LogP contribution in [0.4, 0.5) is 5.69 Å². The standard InChI is InChI=1S/C16H9BrN2O4S/c17-11-5-9(6-13-16(11)23-8-22-13)1-4-15-18-12-7-10(19(20)21)2-3-14(12)24-15/h1-7H,8H2/b4-1+. The molecule has 0 N–H and O–H groups in total. The number of thiazole rings is 1. The van der Waals surface area contributed by atoms with Gasteiger partial charge in [-0.05, 0) is 45.8 Å². The van der Waals surface area contributed by atoms with Crippen molar-refractivity contribution in [3.8, 4) is 11.5 Å². The maximum Gasteiger partial charge on any atom is 0.271 e. The summed E-state index contributed by atoms with van der Waals surface area (Å²) < 4.78 is 12.5. The molecular formula is C16H9BrN2O4S. The van der Waals surface area contributed by atoms with Crippen molar-refractivity contribution in [2.45, 2.75) is 0 Å². The molecule has 8 heteroatoms. The smallest absolute Gasteiger partial charge is 0.271 e. The van der Waals surface area contributed by atoms with E-state index in [4.69, 9.17) is 9.47 Å². The number of fused-ring (bicyclic) bond motifs is 2. The fourth-order valence-corrected chi connectivity index (χ4v) is 3.79. The van der Waals surface area contributed by atoms with E-state index < -0.39 is 4.92 Å². The fourth-order valence-electron chi connectivity index (χ4n) is 2.37. The van der Waals surface area contributed by atoms with Crippen molar-refractivity contribution in [3.63, 3.8) is 0 Å². The molecule has 2 heterocycles. The summed E-state index contributed by atoms with van der Waals surface area (Å²) in [7, 11) is 0. The molecule has 6 nitrogen and oxygen atoms in total. The van der Waals surface area contributed by atoms with E-state index in [1.807, 2.05) is 24.3 Å². The van der Waals surface area contributed by atoms with Crippen LogP contribution in [0.25, 0.3) is 22.4 Å². The second kappa shape index (κ2) is 5.88. The number of nitro groups is 1. The van der Waals surface area contributed by atoms with Crippen LogP contribution in [0.5, 0.6) is 11.5 Å². The van der Waals surface area contributed by atoms with Crippen molar-refractivity contribution >= 4 is 55.3 Å². The lowest BCUT2D eigenvalue weighted by Crippen LogP contribution is -1.93. The largest absolute Gasteiger partial charge is 0.454 e. The van der Waals surface area contributed by atoms with E-state index in [9.17, 15) is 10.1 Å². The average Bonchev–Trinajstić information content (AvgIpc) is 3.18. The van der Waals surface area contributed by atoms with Crippen LogP contribution in [0, 0.1) is 10.1 Å². The first-order valence-electron chi connectivity index (χ1n) is 6.92. The molecule has 1 aliphatic rings. The Labute approximate surface area is 148 Å². The highest BCUT2D eigenvalue weighted by Gasteiger charge is 2.17. The summed E-state index contributed by atoms with van der Waals surface area (Å²) in [6.07, 6.45) is 3.79. The molecular weight excluding hydrogens is 396 g/mol. The van der Waals surface area contributed by atoms with Crippen LogP contribution in [0.2, 0.25) is 0 Å². The molecule has 0 fully saturated rings. The number of nitro benzene ring substituents is 1. The minimum absolute atomic E-state index is 0.0445. The van der Waals surface area contributed by atoms with Gasteiger partial charge in [0, 0.05) is 12.1 Å². The Bertz CT molecular complexity index is 999. The molecule has 4 rings (SSSR count). The summed E-state index contributed by atoms with van der Waals surface area (Å²) in [4.78, 5) is 14.8. The van der Waals surface area contributed by atoms with Gasteiger partial charge in [-0.2, -0.15) is 0 Å². The van der Waals surface area contributed by atoms with Crippen molar-refractivity contribution in [2.75, 3.05) is 6.79 Å². The van der Waals surface area contributed by atoms with Gasteiger partial charge in [0.1, 0.15) is 5.01 Å². The summed E-state index contributed by atoms with van der Waals surface area (Å²) in [5.74, 6) is 1.41. The highest BCUT2D eigenvalue weighted by molar-refractivity contribution is 9.10. The van der Waals surface area contributed by atoms with Crippen LogP contribution >= 0.6 is 27.3 Å². The molecule has 0 atom stereocenters. The van der Waals surface area contributed by atoms with Crippen LogP contribution in [-0.4, -0.2) is 16.7 Å². The molecule has 1 aliphatic heterocycles. The second-order valence-electron chi connectivity index (χ2n) is 5.03. The lowest BCUT2D eigenvalue weighted by atomic mass is 10.2. The third-order valence-corrected chi connectivity index (χ3v) is 5.06. The number of hydrogen-bond acceptors (Lipinski definition) is 6. The molecule has 0 unspecified atom stereocenters. The predicted molar refractivity (Wildman–Crippen MR) is 95.5 cm³/mol. The number of rotatable bonds is 3. The third kappa shape index (κ3) is 2.74.